The number of carbonyl (C=O) groups excluding carboxylic acids is 1. The molecule has 2 N–H and O–H groups in total. The molecule has 1 atom stereocenters. The van der Waals surface area contributed by atoms with Crippen molar-refractivity contribution in [3.05, 3.63) is 35.4 Å². The molecule has 2 aromatic rings. The van der Waals surface area contributed by atoms with Crippen molar-refractivity contribution in [3.63, 3.8) is 0 Å². The maximum absolute atomic E-state index is 11.1. The van der Waals surface area contributed by atoms with E-state index in [2.05, 4.69) is 10.3 Å². The van der Waals surface area contributed by atoms with Crippen LogP contribution in [0.1, 0.15) is 39.0 Å². The summed E-state index contributed by atoms with van der Waals surface area (Å²) in [6.07, 6.45) is 3.18. The highest BCUT2D eigenvalue weighted by Gasteiger charge is 2.23. The molecule has 0 saturated carbocycles. The van der Waals surface area contributed by atoms with Crippen molar-refractivity contribution in [2.75, 3.05) is 13.1 Å². The summed E-state index contributed by atoms with van der Waals surface area (Å²) in [5.74, 6) is -0.0193. The fourth-order valence-corrected chi connectivity index (χ4v) is 2.51. The largest absolute Gasteiger partial charge is 0.478 e. The lowest BCUT2D eigenvalue weighted by atomic mass is 10.1. The zero-order chi connectivity index (χ0) is 13.4. The molecule has 0 amide bonds. The molecule has 3 rings (SSSR count). The molecule has 0 aliphatic carbocycles. The highest BCUT2D eigenvalue weighted by molar-refractivity contribution is 5.89. The quantitative estimate of drug-likeness (QED) is 0.801. The van der Waals surface area contributed by atoms with E-state index < -0.39 is 5.97 Å². The van der Waals surface area contributed by atoms with Gasteiger partial charge in [0.2, 0.25) is 0 Å². The van der Waals surface area contributed by atoms with Crippen LogP contribution in [0.3, 0.4) is 0 Å². The Hall–Kier alpha value is -2.21. The Bertz CT molecular complexity index is 656. The van der Waals surface area contributed by atoms with Gasteiger partial charge in [-0.25, -0.2) is 9.78 Å². The second kappa shape index (κ2) is 4.47. The second-order valence-electron chi connectivity index (χ2n) is 4.64. The van der Waals surface area contributed by atoms with E-state index >= 15 is 0 Å². The SMILES string of the molecule is O=Cc1nc(C2CCNC2)n2cc(C(=O)O)ccc12. The van der Waals surface area contributed by atoms with E-state index in [1.54, 1.807) is 10.5 Å². The number of imidazole rings is 1. The van der Waals surface area contributed by atoms with Crippen LogP contribution in [-0.2, 0) is 0 Å². The van der Waals surface area contributed by atoms with Gasteiger partial charge in [-0.1, -0.05) is 0 Å². The van der Waals surface area contributed by atoms with Crippen molar-refractivity contribution >= 4 is 17.8 Å². The Balaban J connectivity index is 2.21. The Morgan fingerprint density at radius 2 is 2.37 bits per heavy atom. The number of hydrogen-bond acceptors (Lipinski definition) is 4. The van der Waals surface area contributed by atoms with Gasteiger partial charge in [-0.2, -0.15) is 0 Å². The van der Waals surface area contributed by atoms with Gasteiger partial charge >= 0.3 is 5.97 Å². The molecule has 0 radical (unpaired) electrons. The normalized spacial score (nSPS) is 18.8. The zero-order valence-electron chi connectivity index (χ0n) is 10.2. The maximum atomic E-state index is 11.1. The Morgan fingerprint density at radius 1 is 1.53 bits per heavy atom. The predicted octanol–water partition coefficient (Wildman–Crippen LogP) is 0.922. The molecule has 3 heterocycles. The van der Waals surface area contributed by atoms with Gasteiger partial charge in [-0.15, -0.1) is 0 Å². The zero-order valence-corrected chi connectivity index (χ0v) is 10.2. The standard InChI is InChI=1S/C13H13N3O3/c17-7-10-11-2-1-9(13(18)19)6-16(11)12(15-10)8-3-4-14-5-8/h1-2,6-8,14H,3-5H2,(H,18,19). The summed E-state index contributed by atoms with van der Waals surface area (Å²) in [4.78, 5) is 26.4. The molecule has 1 aliphatic rings. The number of pyridine rings is 1. The van der Waals surface area contributed by atoms with Gasteiger partial charge in [0.05, 0.1) is 11.1 Å². The van der Waals surface area contributed by atoms with Gasteiger partial charge in [-0.05, 0) is 25.1 Å². The molecule has 1 aliphatic heterocycles. The molecule has 6 heteroatoms. The highest BCUT2D eigenvalue weighted by Crippen LogP contribution is 2.24. The van der Waals surface area contributed by atoms with Crippen LogP contribution in [0.25, 0.3) is 5.52 Å². The van der Waals surface area contributed by atoms with Crippen LogP contribution in [0.15, 0.2) is 18.3 Å². The maximum Gasteiger partial charge on any atom is 0.337 e. The lowest BCUT2D eigenvalue weighted by Crippen LogP contribution is -2.10. The minimum atomic E-state index is -0.987. The average Bonchev–Trinajstić information content (AvgIpc) is 3.04. The molecule has 1 fully saturated rings. The minimum absolute atomic E-state index is 0.189. The molecular formula is C13H13N3O3. The number of carboxylic acid groups (broad SMARTS) is 1. The van der Waals surface area contributed by atoms with Crippen molar-refractivity contribution in [2.45, 2.75) is 12.3 Å². The van der Waals surface area contributed by atoms with Gasteiger partial charge < -0.3 is 14.8 Å². The third kappa shape index (κ3) is 1.90. The number of rotatable bonds is 3. The fourth-order valence-electron chi connectivity index (χ4n) is 2.51. The number of nitrogens with one attached hydrogen (secondary N) is 1. The third-order valence-electron chi connectivity index (χ3n) is 3.48. The summed E-state index contributed by atoms with van der Waals surface area (Å²) in [5, 5.41) is 12.3. The van der Waals surface area contributed by atoms with E-state index in [4.69, 9.17) is 5.11 Å². The molecule has 0 spiro atoms. The van der Waals surface area contributed by atoms with Crippen LogP contribution in [-0.4, -0.2) is 39.8 Å². The Kier molecular flexibility index (Phi) is 2.79. The number of nitrogens with zero attached hydrogens (tertiary/aromatic N) is 2. The van der Waals surface area contributed by atoms with E-state index in [1.807, 2.05) is 0 Å². The number of aromatic nitrogens is 2. The molecule has 0 bridgehead atoms. The number of carboxylic acids is 1. The van der Waals surface area contributed by atoms with Crippen molar-refractivity contribution in [1.82, 2.24) is 14.7 Å². The van der Waals surface area contributed by atoms with Crippen molar-refractivity contribution < 1.29 is 14.7 Å². The minimum Gasteiger partial charge on any atom is -0.478 e. The molecule has 2 aromatic heterocycles. The smallest absolute Gasteiger partial charge is 0.337 e. The van der Waals surface area contributed by atoms with Crippen LogP contribution in [0, 0.1) is 0 Å². The number of fused-ring (bicyclic) bond motifs is 1. The van der Waals surface area contributed by atoms with E-state index in [0.29, 0.717) is 17.5 Å². The first-order valence-electron chi connectivity index (χ1n) is 6.12. The van der Waals surface area contributed by atoms with Crippen LogP contribution in [0.2, 0.25) is 0 Å². The lowest BCUT2D eigenvalue weighted by molar-refractivity contribution is 0.0696. The number of aromatic carboxylic acids is 1. The van der Waals surface area contributed by atoms with Crippen LogP contribution < -0.4 is 5.32 Å². The van der Waals surface area contributed by atoms with E-state index in [0.717, 1.165) is 25.3 Å². The Labute approximate surface area is 109 Å². The summed E-state index contributed by atoms with van der Waals surface area (Å²) in [6.45, 7) is 1.71. The van der Waals surface area contributed by atoms with Crippen molar-refractivity contribution in [2.24, 2.45) is 0 Å². The summed E-state index contributed by atoms with van der Waals surface area (Å²) < 4.78 is 1.73. The molecule has 1 saturated heterocycles. The first kappa shape index (κ1) is 11.9. The molecule has 19 heavy (non-hydrogen) atoms. The molecule has 98 valence electrons. The van der Waals surface area contributed by atoms with E-state index in [1.165, 1.54) is 12.3 Å². The number of hydrogen-bond donors (Lipinski definition) is 2. The summed E-state index contributed by atoms with van der Waals surface area (Å²) >= 11 is 0. The lowest BCUT2D eigenvalue weighted by Gasteiger charge is -2.07. The first-order chi connectivity index (χ1) is 9.20. The van der Waals surface area contributed by atoms with Gasteiger partial charge in [0, 0.05) is 18.7 Å². The van der Waals surface area contributed by atoms with Gasteiger partial charge in [0.15, 0.2) is 6.29 Å². The van der Waals surface area contributed by atoms with Gasteiger partial charge in [-0.3, -0.25) is 4.79 Å². The number of carbonyl (C=O) groups is 2. The highest BCUT2D eigenvalue weighted by atomic mass is 16.4. The average molecular weight is 259 g/mol. The van der Waals surface area contributed by atoms with Crippen molar-refractivity contribution in [3.8, 4) is 0 Å². The summed E-state index contributed by atoms with van der Waals surface area (Å²) in [5.41, 5.74) is 1.20. The van der Waals surface area contributed by atoms with Crippen LogP contribution in [0.4, 0.5) is 0 Å². The fraction of sp³-hybridized carbons (Fsp3) is 0.308. The van der Waals surface area contributed by atoms with Gasteiger partial charge in [0.1, 0.15) is 11.5 Å². The third-order valence-corrected chi connectivity index (χ3v) is 3.48. The molecular weight excluding hydrogens is 246 g/mol. The van der Waals surface area contributed by atoms with Crippen LogP contribution >= 0.6 is 0 Å². The predicted molar refractivity (Wildman–Crippen MR) is 67.8 cm³/mol. The summed E-state index contributed by atoms with van der Waals surface area (Å²) in [6, 6.07) is 3.12. The second-order valence-corrected chi connectivity index (χ2v) is 4.64. The van der Waals surface area contributed by atoms with Crippen molar-refractivity contribution in [1.29, 1.82) is 0 Å². The number of aldehydes is 1. The monoisotopic (exact) mass is 259 g/mol. The van der Waals surface area contributed by atoms with E-state index in [-0.39, 0.29) is 11.5 Å². The molecule has 0 aromatic carbocycles. The topological polar surface area (TPSA) is 83.7 Å². The Morgan fingerprint density at radius 3 is 3.00 bits per heavy atom. The van der Waals surface area contributed by atoms with Gasteiger partial charge in [0.25, 0.3) is 0 Å². The summed E-state index contributed by atoms with van der Waals surface area (Å²) in [7, 11) is 0. The first-order valence-corrected chi connectivity index (χ1v) is 6.12. The van der Waals surface area contributed by atoms with E-state index in [9.17, 15) is 9.59 Å². The molecule has 6 nitrogen and oxygen atoms in total. The molecule has 1 unspecified atom stereocenters. The van der Waals surface area contributed by atoms with Crippen LogP contribution in [0.5, 0.6) is 0 Å².